The highest BCUT2D eigenvalue weighted by atomic mass is 35.5. The number of hydrogen-bond donors (Lipinski definition) is 0. The number of thiophene rings is 1. The second-order valence-corrected chi connectivity index (χ2v) is 5.13. The molecule has 1 amide bonds. The summed E-state index contributed by atoms with van der Waals surface area (Å²) in [7, 11) is 0. The van der Waals surface area contributed by atoms with Crippen LogP contribution in [-0.2, 0) is 6.54 Å². The normalized spacial score (nSPS) is 10.3. The van der Waals surface area contributed by atoms with Crippen molar-refractivity contribution in [1.82, 2.24) is 9.88 Å². The molecule has 0 unspecified atom stereocenters. The van der Waals surface area contributed by atoms with Crippen LogP contribution in [0.25, 0.3) is 0 Å². The molecule has 0 atom stereocenters. The van der Waals surface area contributed by atoms with E-state index in [9.17, 15) is 4.79 Å². The molecule has 2 heterocycles. The molecule has 0 radical (unpaired) electrons. The van der Waals surface area contributed by atoms with Crippen LogP contribution in [0.3, 0.4) is 0 Å². The van der Waals surface area contributed by atoms with Crippen molar-refractivity contribution in [2.45, 2.75) is 13.5 Å². The van der Waals surface area contributed by atoms with Crippen LogP contribution in [0.4, 0.5) is 0 Å². The van der Waals surface area contributed by atoms with Gasteiger partial charge in [0.15, 0.2) is 0 Å². The average Bonchev–Trinajstić information content (AvgIpc) is 2.88. The maximum absolute atomic E-state index is 12.3. The first-order valence-electron chi connectivity index (χ1n) is 5.64. The van der Waals surface area contributed by atoms with Gasteiger partial charge in [-0.3, -0.25) is 4.79 Å². The molecule has 3 nitrogen and oxygen atoms in total. The lowest BCUT2D eigenvalue weighted by atomic mass is 10.2. The molecule has 0 aliphatic rings. The van der Waals surface area contributed by atoms with Gasteiger partial charge in [-0.25, -0.2) is 4.98 Å². The third-order valence-electron chi connectivity index (χ3n) is 2.59. The van der Waals surface area contributed by atoms with Crippen molar-refractivity contribution in [3.05, 3.63) is 51.4 Å². The van der Waals surface area contributed by atoms with Gasteiger partial charge in [-0.1, -0.05) is 17.7 Å². The first kappa shape index (κ1) is 13.1. The zero-order chi connectivity index (χ0) is 13.0. The average molecular weight is 281 g/mol. The van der Waals surface area contributed by atoms with Crippen LogP contribution in [0.15, 0.2) is 35.8 Å². The van der Waals surface area contributed by atoms with Crippen LogP contribution >= 0.6 is 22.9 Å². The highest BCUT2D eigenvalue weighted by Crippen LogP contribution is 2.17. The topological polar surface area (TPSA) is 33.2 Å². The SMILES string of the molecule is CCN(Cc1cccs1)C(=O)c1cccnc1Cl. The minimum Gasteiger partial charge on any atom is -0.334 e. The molecule has 0 saturated carbocycles. The summed E-state index contributed by atoms with van der Waals surface area (Å²) < 4.78 is 0. The molecule has 2 aromatic heterocycles. The molecular formula is C13H13ClN2OS. The Balaban J connectivity index is 2.18. The van der Waals surface area contributed by atoms with Crippen molar-refractivity contribution in [1.29, 1.82) is 0 Å². The number of carbonyl (C=O) groups is 1. The van der Waals surface area contributed by atoms with Gasteiger partial charge in [0, 0.05) is 17.6 Å². The molecule has 2 aromatic rings. The fourth-order valence-electron chi connectivity index (χ4n) is 1.63. The molecule has 0 saturated heterocycles. The zero-order valence-electron chi connectivity index (χ0n) is 9.97. The number of pyridine rings is 1. The Morgan fingerprint density at radius 2 is 2.28 bits per heavy atom. The van der Waals surface area contributed by atoms with E-state index in [0.29, 0.717) is 18.7 Å². The predicted octanol–water partition coefficient (Wildman–Crippen LogP) is 3.46. The van der Waals surface area contributed by atoms with Gasteiger partial charge < -0.3 is 4.90 Å². The lowest BCUT2D eigenvalue weighted by molar-refractivity contribution is 0.0754. The van der Waals surface area contributed by atoms with Gasteiger partial charge in [-0.2, -0.15) is 0 Å². The van der Waals surface area contributed by atoms with E-state index in [1.807, 2.05) is 24.4 Å². The largest absolute Gasteiger partial charge is 0.334 e. The molecule has 0 N–H and O–H groups in total. The number of nitrogens with zero attached hydrogens (tertiary/aromatic N) is 2. The van der Waals surface area contributed by atoms with Gasteiger partial charge >= 0.3 is 0 Å². The smallest absolute Gasteiger partial charge is 0.257 e. The van der Waals surface area contributed by atoms with E-state index in [-0.39, 0.29) is 11.1 Å². The van der Waals surface area contributed by atoms with E-state index in [2.05, 4.69) is 4.98 Å². The molecule has 0 aliphatic heterocycles. The molecule has 5 heteroatoms. The Hall–Kier alpha value is -1.39. The van der Waals surface area contributed by atoms with Crippen molar-refractivity contribution in [3.63, 3.8) is 0 Å². The summed E-state index contributed by atoms with van der Waals surface area (Å²) in [6.45, 7) is 3.20. The van der Waals surface area contributed by atoms with Crippen molar-refractivity contribution >= 4 is 28.8 Å². The summed E-state index contributed by atoms with van der Waals surface area (Å²) in [6, 6.07) is 7.42. The van der Waals surface area contributed by atoms with E-state index in [0.717, 1.165) is 4.88 Å². The predicted molar refractivity (Wildman–Crippen MR) is 74.0 cm³/mol. The van der Waals surface area contributed by atoms with Crippen LogP contribution in [0.5, 0.6) is 0 Å². The lowest BCUT2D eigenvalue weighted by Gasteiger charge is -2.20. The molecule has 0 spiro atoms. The standard InChI is InChI=1S/C13H13ClN2OS/c1-2-16(9-10-5-4-8-18-10)13(17)11-6-3-7-15-12(11)14/h3-8H,2,9H2,1H3. The van der Waals surface area contributed by atoms with Crippen molar-refractivity contribution < 1.29 is 4.79 Å². The summed E-state index contributed by atoms with van der Waals surface area (Å²) in [6.07, 6.45) is 1.58. The highest BCUT2D eigenvalue weighted by Gasteiger charge is 2.17. The maximum atomic E-state index is 12.3. The van der Waals surface area contributed by atoms with Crippen LogP contribution in [0, 0.1) is 0 Å². The number of aromatic nitrogens is 1. The lowest BCUT2D eigenvalue weighted by Crippen LogP contribution is -2.30. The fraction of sp³-hybridized carbons (Fsp3) is 0.231. The van der Waals surface area contributed by atoms with Gasteiger partial charge in [0.25, 0.3) is 5.91 Å². The Bertz CT molecular complexity index is 528. The number of hydrogen-bond acceptors (Lipinski definition) is 3. The van der Waals surface area contributed by atoms with Gasteiger partial charge in [0.05, 0.1) is 12.1 Å². The maximum Gasteiger partial charge on any atom is 0.257 e. The van der Waals surface area contributed by atoms with Gasteiger partial charge in [-0.15, -0.1) is 11.3 Å². The molecule has 18 heavy (non-hydrogen) atoms. The third kappa shape index (κ3) is 2.89. The molecule has 0 bridgehead atoms. The molecule has 94 valence electrons. The molecule has 0 fully saturated rings. The molecule has 2 rings (SSSR count). The van der Waals surface area contributed by atoms with E-state index >= 15 is 0 Å². The Kier molecular flexibility index (Phi) is 4.33. The molecular weight excluding hydrogens is 268 g/mol. The van der Waals surface area contributed by atoms with Gasteiger partial charge in [0.1, 0.15) is 5.15 Å². The quantitative estimate of drug-likeness (QED) is 0.804. The van der Waals surface area contributed by atoms with Crippen molar-refractivity contribution in [3.8, 4) is 0 Å². The highest BCUT2D eigenvalue weighted by molar-refractivity contribution is 7.09. The number of carbonyl (C=O) groups excluding carboxylic acids is 1. The zero-order valence-corrected chi connectivity index (χ0v) is 11.5. The van der Waals surface area contributed by atoms with E-state index in [1.54, 1.807) is 34.6 Å². The van der Waals surface area contributed by atoms with Crippen LogP contribution in [0.2, 0.25) is 5.15 Å². The van der Waals surface area contributed by atoms with E-state index in [4.69, 9.17) is 11.6 Å². The van der Waals surface area contributed by atoms with Crippen LogP contribution in [-0.4, -0.2) is 22.3 Å². The monoisotopic (exact) mass is 280 g/mol. The van der Waals surface area contributed by atoms with Crippen LogP contribution in [0.1, 0.15) is 22.2 Å². The Morgan fingerprint density at radius 3 is 2.89 bits per heavy atom. The Labute approximate surface area is 115 Å². The Morgan fingerprint density at radius 1 is 1.44 bits per heavy atom. The summed E-state index contributed by atoms with van der Waals surface area (Å²) in [5.41, 5.74) is 0.456. The van der Waals surface area contributed by atoms with Crippen LogP contribution < -0.4 is 0 Å². The first-order chi connectivity index (χ1) is 8.72. The second-order valence-electron chi connectivity index (χ2n) is 3.74. The first-order valence-corrected chi connectivity index (χ1v) is 6.90. The second kappa shape index (κ2) is 5.98. The minimum atomic E-state index is -0.0796. The number of halogens is 1. The van der Waals surface area contributed by atoms with E-state index < -0.39 is 0 Å². The minimum absolute atomic E-state index is 0.0796. The van der Waals surface area contributed by atoms with Gasteiger partial charge in [0.2, 0.25) is 0 Å². The number of amides is 1. The summed E-state index contributed by atoms with van der Waals surface area (Å²) >= 11 is 7.59. The number of rotatable bonds is 4. The van der Waals surface area contributed by atoms with E-state index in [1.165, 1.54) is 0 Å². The van der Waals surface area contributed by atoms with Crippen molar-refractivity contribution in [2.75, 3.05) is 6.54 Å². The molecule has 0 aliphatic carbocycles. The van der Waals surface area contributed by atoms with Gasteiger partial charge in [-0.05, 0) is 30.5 Å². The summed E-state index contributed by atoms with van der Waals surface area (Å²) in [4.78, 5) is 19.2. The third-order valence-corrected chi connectivity index (χ3v) is 3.75. The summed E-state index contributed by atoms with van der Waals surface area (Å²) in [5.74, 6) is -0.0796. The molecule has 0 aromatic carbocycles. The fourth-order valence-corrected chi connectivity index (χ4v) is 2.55. The summed E-state index contributed by atoms with van der Waals surface area (Å²) in [5, 5.41) is 2.26. The van der Waals surface area contributed by atoms with Crippen molar-refractivity contribution in [2.24, 2.45) is 0 Å².